The van der Waals surface area contributed by atoms with Crippen LogP contribution in [0.3, 0.4) is 0 Å². The molecule has 0 bridgehead atoms. The highest BCUT2D eigenvalue weighted by molar-refractivity contribution is 5.39. The summed E-state index contributed by atoms with van der Waals surface area (Å²) in [5.74, 6) is 0. The smallest absolute Gasteiger partial charge is 0.211 e. The van der Waals surface area contributed by atoms with Gasteiger partial charge in [0.2, 0.25) is 12.2 Å². The first-order valence-electron chi connectivity index (χ1n) is 4.11. The molecule has 13 heavy (non-hydrogen) atoms. The van der Waals surface area contributed by atoms with Crippen LogP contribution in [0, 0.1) is 0 Å². The lowest BCUT2D eigenvalue weighted by Gasteiger charge is -2.18. The molecule has 1 unspecified atom stereocenters. The quantitative estimate of drug-likeness (QED) is 0.475. The molecule has 0 aromatic rings. The lowest BCUT2D eigenvalue weighted by atomic mass is 9.94. The fourth-order valence-electron chi connectivity index (χ4n) is 1.41. The molecule has 0 aromatic heterocycles. The summed E-state index contributed by atoms with van der Waals surface area (Å²) in [7, 11) is 0. The SMILES string of the molecule is CC1=C(N=C=O)CC(N=C=O)CC1. The summed E-state index contributed by atoms with van der Waals surface area (Å²) in [5, 5.41) is 0. The predicted octanol–water partition coefficient (Wildman–Crippen LogP) is 1.48. The number of isocyanates is 2. The van der Waals surface area contributed by atoms with Gasteiger partial charge in [0, 0.05) is 6.42 Å². The molecule has 4 nitrogen and oxygen atoms in total. The van der Waals surface area contributed by atoms with Crippen molar-refractivity contribution in [3.8, 4) is 0 Å². The van der Waals surface area contributed by atoms with E-state index in [0.29, 0.717) is 12.1 Å². The Hall–Kier alpha value is -1.50. The van der Waals surface area contributed by atoms with Crippen molar-refractivity contribution >= 4 is 12.2 Å². The number of nitrogens with zero attached hydrogens (tertiary/aromatic N) is 2. The van der Waals surface area contributed by atoms with E-state index in [1.54, 1.807) is 0 Å². The molecule has 0 aromatic carbocycles. The second-order valence-electron chi connectivity index (χ2n) is 3.05. The molecule has 0 N–H and O–H groups in total. The minimum atomic E-state index is -0.0618. The van der Waals surface area contributed by atoms with Crippen LogP contribution in [0.1, 0.15) is 26.2 Å². The second kappa shape index (κ2) is 4.51. The highest BCUT2D eigenvalue weighted by Gasteiger charge is 2.17. The van der Waals surface area contributed by atoms with Gasteiger partial charge in [0.25, 0.3) is 0 Å². The van der Waals surface area contributed by atoms with Gasteiger partial charge in [-0.2, -0.15) is 4.99 Å². The first kappa shape index (κ1) is 9.59. The summed E-state index contributed by atoms with van der Waals surface area (Å²) in [6.07, 6.45) is 5.25. The zero-order chi connectivity index (χ0) is 9.68. The van der Waals surface area contributed by atoms with Gasteiger partial charge in [0.15, 0.2) is 0 Å². The normalized spacial score (nSPS) is 21.8. The summed E-state index contributed by atoms with van der Waals surface area (Å²) < 4.78 is 0. The van der Waals surface area contributed by atoms with Gasteiger partial charge >= 0.3 is 0 Å². The standard InChI is InChI=1S/C9H10N2O2/c1-7-2-3-8(10-5-12)4-9(7)11-6-13/h8H,2-4H2,1H3. The van der Waals surface area contributed by atoms with Crippen LogP contribution in [0.2, 0.25) is 0 Å². The maximum Gasteiger partial charge on any atom is 0.240 e. The van der Waals surface area contributed by atoms with Crippen LogP contribution < -0.4 is 0 Å². The summed E-state index contributed by atoms with van der Waals surface area (Å²) in [6.45, 7) is 1.93. The van der Waals surface area contributed by atoms with E-state index in [-0.39, 0.29) is 6.04 Å². The molecule has 0 spiro atoms. The molecule has 0 saturated heterocycles. The van der Waals surface area contributed by atoms with Gasteiger partial charge in [-0.25, -0.2) is 14.6 Å². The van der Waals surface area contributed by atoms with Crippen LogP contribution in [-0.4, -0.2) is 18.2 Å². The Morgan fingerprint density at radius 1 is 1.38 bits per heavy atom. The Morgan fingerprint density at radius 2 is 2.15 bits per heavy atom. The van der Waals surface area contributed by atoms with Crippen LogP contribution in [0.25, 0.3) is 0 Å². The van der Waals surface area contributed by atoms with Crippen molar-refractivity contribution in [3.05, 3.63) is 11.3 Å². The van der Waals surface area contributed by atoms with E-state index in [1.807, 2.05) is 6.92 Å². The molecule has 0 heterocycles. The monoisotopic (exact) mass is 178 g/mol. The van der Waals surface area contributed by atoms with Crippen LogP contribution in [0.15, 0.2) is 21.3 Å². The molecule has 68 valence electrons. The van der Waals surface area contributed by atoms with E-state index < -0.39 is 0 Å². The lowest BCUT2D eigenvalue weighted by molar-refractivity contribution is 0.533. The molecule has 0 aliphatic heterocycles. The van der Waals surface area contributed by atoms with Crippen molar-refractivity contribution < 1.29 is 9.59 Å². The van der Waals surface area contributed by atoms with Crippen molar-refractivity contribution in [1.29, 1.82) is 0 Å². The van der Waals surface area contributed by atoms with Crippen molar-refractivity contribution in [1.82, 2.24) is 0 Å². The summed E-state index contributed by atoms with van der Waals surface area (Å²) in [4.78, 5) is 27.3. The van der Waals surface area contributed by atoms with Gasteiger partial charge in [0.05, 0.1) is 11.7 Å². The van der Waals surface area contributed by atoms with Gasteiger partial charge < -0.3 is 0 Å². The minimum absolute atomic E-state index is 0.0618. The molecule has 0 amide bonds. The molecule has 0 radical (unpaired) electrons. The lowest BCUT2D eigenvalue weighted by Crippen LogP contribution is -2.11. The van der Waals surface area contributed by atoms with Crippen molar-refractivity contribution in [2.75, 3.05) is 0 Å². The van der Waals surface area contributed by atoms with E-state index in [9.17, 15) is 9.59 Å². The first-order chi connectivity index (χ1) is 6.27. The molecule has 0 saturated carbocycles. The Kier molecular flexibility index (Phi) is 3.32. The Labute approximate surface area is 76.1 Å². The number of hydrogen-bond donors (Lipinski definition) is 0. The fraction of sp³-hybridized carbons (Fsp3) is 0.556. The molecule has 1 aliphatic carbocycles. The number of hydrogen-bond acceptors (Lipinski definition) is 4. The third-order valence-electron chi connectivity index (χ3n) is 2.19. The minimum Gasteiger partial charge on any atom is -0.211 e. The molecular weight excluding hydrogens is 168 g/mol. The van der Waals surface area contributed by atoms with Gasteiger partial charge in [-0.15, -0.1) is 0 Å². The zero-order valence-electron chi connectivity index (χ0n) is 7.41. The van der Waals surface area contributed by atoms with Crippen LogP contribution in [0.5, 0.6) is 0 Å². The number of aliphatic imine (C=N–C) groups is 2. The van der Waals surface area contributed by atoms with E-state index in [1.165, 1.54) is 12.2 Å². The average molecular weight is 178 g/mol. The molecule has 1 aliphatic rings. The summed E-state index contributed by atoms with van der Waals surface area (Å²) in [5.41, 5.74) is 1.80. The van der Waals surface area contributed by atoms with Crippen LogP contribution in [0.4, 0.5) is 0 Å². The van der Waals surface area contributed by atoms with Crippen LogP contribution >= 0.6 is 0 Å². The fourth-order valence-corrected chi connectivity index (χ4v) is 1.41. The van der Waals surface area contributed by atoms with Crippen molar-refractivity contribution in [2.45, 2.75) is 32.2 Å². The third-order valence-corrected chi connectivity index (χ3v) is 2.19. The third kappa shape index (κ3) is 2.48. The van der Waals surface area contributed by atoms with Gasteiger partial charge in [-0.3, -0.25) is 0 Å². The molecule has 4 heteroatoms. The average Bonchev–Trinajstić information content (AvgIpc) is 2.12. The largest absolute Gasteiger partial charge is 0.240 e. The topological polar surface area (TPSA) is 58.9 Å². The number of rotatable bonds is 2. The Morgan fingerprint density at radius 3 is 2.77 bits per heavy atom. The van der Waals surface area contributed by atoms with Gasteiger partial charge in [-0.1, -0.05) is 5.57 Å². The summed E-state index contributed by atoms with van der Waals surface area (Å²) >= 11 is 0. The maximum absolute atomic E-state index is 10.0. The van der Waals surface area contributed by atoms with E-state index in [2.05, 4.69) is 9.98 Å². The zero-order valence-corrected chi connectivity index (χ0v) is 7.41. The first-order valence-corrected chi connectivity index (χ1v) is 4.11. The summed E-state index contributed by atoms with van der Waals surface area (Å²) in [6, 6.07) is -0.0618. The number of carbonyl (C=O) groups excluding carboxylic acids is 2. The van der Waals surface area contributed by atoms with Crippen LogP contribution in [-0.2, 0) is 9.59 Å². The molecule has 0 fully saturated rings. The van der Waals surface area contributed by atoms with Crippen molar-refractivity contribution in [3.63, 3.8) is 0 Å². The highest BCUT2D eigenvalue weighted by atomic mass is 16.1. The predicted molar refractivity (Wildman–Crippen MR) is 46.6 cm³/mol. The maximum atomic E-state index is 10.0. The Bertz CT molecular complexity index is 321. The molecule has 1 rings (SSSR count). The highest BCUT2D eigenvalue weighted by Crippen LogP contribution is 2.26. The number of allylic oxidation sites excluding steroid dienone is 1. The van der Waals surface area contributed by atoms with E-state index >= 15 is 0 Å². The molecular formula is C9H10N2O2. The van der Waals surface area contributed by atoms with Gasteiger partial charge in [0.1, 0.15) is 0 Å². The van der Waals surface area contributed by atoms with Crippen molar-refractivity contribution in [2.24, 2.45) is 9.98 Å². The molecule has 1 atom stereocenters. The van der Waals surface area contributed by atoms with E-state index in [4.69, 9.17) is 0 Å². The van der Waals surface area contributed by atoms with Gasteiger partial charge in [-0.05, 0) is 19.8 Å². The van der Waals surface area contributed by atoms with E-state index in [0.717, 1.165) is 18.4 Å². The second-order valence-corrected chi connectivity index (χ2v) is 3.05. The Balaban J connectivity index is 2.80.